The average Bonchev–Trinajstić information content (AvgIpc) is 2.27. The third-order valence-electron chi connectivity index (χ3n) is 1.71. The topological polar surface area (TPSA) is 133 Å². The molecular formula is C5H9NO7S. The van der Waals surface area contributed by atoms with Crippen molar-refractivity contribution in [1.29, 1.82) is 0 Å². The standard InChI is InChI=1S/C5H9NO7S/c7-4(8)3-1-5(9,2-6-3)13-14(10,11)12/h3,6,9H,1-2H2,(H,7,8)(H,10,11,12)/t3-,5+/m0/s1. The minimum absolute atomic E-state index is 0.385. The van der Waals surface area contributed by atoms with E-state index in [1.807, 2.05) is 0 Å². The fraction of sp³-hybridized carbons (Fsp3) is 0.800. The summed E-state index contributed by atoms with van der Waals surface area (Å²) in [5.41, 5.74) is 0. The highest BCUT2D eigenvalue weighted by atomic mass is 32.3. The third kappa shape index (κ3) is 2.89. The summed E-state index contributed by atoms with van der Waals surface area (Å²) in [5.74, 6) is -3.43. The number of β-amino-alcohol motifs (C(OH)–C–C–N with tert-alkyl or cyclic N) is 1. The largest absolute Gasteiger partial charge is 0.480 e. The van der Waals surface area contributed by atoms with Crippen LogP contribution in [0.25, 0.3) is 0 Å². The molecule has 1 fully saturated rings. The lowest BCUT2D eigenvalue weighted by molar-refractivity contribution is -0.144. The van der Waals surface area contributed by atoms with E-state index in [4.69, 9.17) is 9.66 Å². The molecule has 14 heavy (non-hydrogen) atoms. The van der Waals surface area contributed by atoms with Gasteiger partial charge in [0.2, 0.25) is 5.79 Å². The van der Waals surface area contributed by atoms with Gasteiger partial charge in [-0.3, -0.25) is 14.7 Å². The highest BCUT2D eigenvalue weighted by Gasteiger charge is 2.44. The Hall–Kier alpha value is -0.740. The summed E-state index contributed by atoms with van der Waals surface area (Å²) >= 11 is 0. The number of carboxylic acid groups (broad SMARTS) is 1. The Morgan fingerprint density at radius 1 is 1.57 bits per heavy atom. The van der Waals surface area contributed by atoms with E-state index in [0.717, 1.165) is 0 Å². The molecule has 1 heterocycles. The molecule has 9 heteroatoms. The Kier molecular flexibility index (Phi) is 2.78. The van der Waals surface area contributed by atoms with Crippen LogP contribution < -0.4 is 5.32 Å². The molecule has 2 atom stereocenters. The fourth-order valence-electron chi connectivity index (χ4n) is 1.18. The van der Waals surface area contributed by atoms with Gasteiger partial charge in [-0.1, -0.05) is 0 Å². The number of aliphatic hydroxyl groups is 1. The molecule has 1 rings (SSSR count). The first-order chi connectivity index (χ1) is 6.22. The Labute approximate surface area is 79.4 Å². The van der Waals surface area contributed by atoms with E-state index >= 15 is 0 Å². The van der Waals surface area contributed by atoms with E-state index in [0.29, 0.717) is 0 Å². The Balaban J connectivity index is 2.67. The number of hydrogen-bond donors (Lipinski definition) is 4. The molecule has 0 saturated carbocycles. The van der Waals surface area contributed by atoms with Crippen molar-refractivity contribution in [2.75, 3.05) is 6.54 Å². The molecule has 0 unspecified atom stereocenters. The van der Waals surface area contributed by atoms with Gasteiger partial charge in [0.05, 0.1) is 6.54 Å². The summed E-state index contributed by atoms with van der Waals surface area (Å²) in [6.45, 7) is -0.385. The number of carbonyl (C=O) groups is 1. The maximum absolute atomic E-state index is 10.4. The summed E-state index contributed by atoms with van der Waals surface area (Å²) < 4.78 is 32.7. The predicted molar refractivity (Wildman–Crippen MR) is 41.6 cm³/mol. The van der Waals surface area contributed by atoms with Crippen LogP contribution in [-0.4, -0.2) is 47.5 Å². The Morgan fingerprint density at radius 2 is 2.14 bits per heavy atom. The van der Waals surface area contributed by atoms with Crippen LogP contribution in [0.4, 0.5) is 0 Å². The second-order valence-electron chi connectivity index (χ2n) is 2.93. The van der Waals surface area contributed by atoms with Gasteiger partial charge < -0.3 is 10.2 Å². The molecule has 1 aliphatic rings. The zero-order valence-corrected chi connectivity index (χ0v) is 7.69. The van der Waals surface area contributed by atoms with Crippen LogP contribution in [-0.2, 0) is 19.4 Å². The van der Waals surface area contributed by atoms with Crippen LogP contribution in [0.15, 0.2) is 0 Å². The number of aliphatic carboxylic acids is 1. The van der Waals surface area contributed by atoms with Crippen molar-refractivity contribution in [1.82, 2.24) is 5.32 Å². The monoisotopic (exact) mass is 227 g/mol. The second kappa shape index (κ2) is 3.44. The lowest BCUT2D eigenvalue weighted by Crippen LogP contribution is -2.36. The minimum atomic E-state index is -4.80. The predicted octanol–water partition coefficient (Wildman–Crippen LogP) is -2.06. The summed E-state index contributed by atoms with van der Waals surface area (Å²) in [6, 6.07) is -1.10. The SMILES string of the molecule is O=C(O)[C@@H]1C[C@@](O)(OS(=O)(=O)O)CN1. The van der Waals surface area contributed by atoms with Gasteiger partial charge in [0.25, 0.3) is 0 Å². The van der Waals surface area contributed by atoms with Gasteiger partial charge in [0, 0.05) is 6.42 Å². The number of hydrogen-bond acceptors (Lipinski definition) is 6. The highest BCUT2D eigenvalue weighted by molar-refractivity contribution is 7.80. The molecule has 0 spiro atoms. The average molecular weight is 227 g/mol. The van der Waals surface area contributed by atoms with E-state index in [1.165, 1.54) is 0 Å². The molecule has 82 valence electrons. The van der Waals surface area contributed by atoms with Gasteiger partial charge in [0.1, 0.15) is 6.04 Å². The van der Waals surface area contributed by atoms with Crippen LogP contribution in [0.2, 0.25) is 0 Å². The van der Waals surface area contributed by atoms with Gasteiger partial charge in [-0.2, -0.15) is 8.42 Å². The van der Waals surface area contributed by atoms with Crippen molar-refractivity contribution in [3.8, 4) is 0 Å². The molecule has 0 aromatic heterocycles. The van der Waals surface area contributed by atoms with E-state index in [-0.39, 0.29) is 6.54 Å². The van der Waals surface area contributed by atoms with Gasteiger partial charge in [-0.15, -0.1) is 0 Å². The first-order valence-electron chi connectivity index (χ1n) is 3.58. The van der Waals surface area contributed by atoms with Crippen LogP contribution in [0.1, 0.15) is 6.42 Å². The fourth-order valence-corrected chi connectivity index (χ4v) is 1.70. The molecule has 0 aromatic rings. The first-order valence-corrected chi connectivity index (χ1v) is 4.95. The van der Waals surface area contributed by atoms with Crippen molar-refractivity contribution >= 4 is 16.4 Å². The highest BCUT2D eigenvalue weighted by Crippen LogP contribution is 2.22. The minimum Gasteiger partial charge on any atom is -0.480 e. The van der Waals surface area contributed by atoms with E-state index in [2.05, 4.69) is 9.50 Å². The summed E-state index contributed by atoms with van der Waals surface area (Å²) in [6.07, 6.45) is -0.456. The number of carboxylic acids is 1. The molecule has 0 aromatic carbocycles. The maximum Gasteiger partial charge on any atom is 0.400 e. The van der Waals surface area contributed by atoms with Crippen molar-refractivity contribution in [2.45, 2.75) is 18.2 Å². The van der Waals surface area contributed by atoms with Crippen molar-refractivity contribution in [3.63, 3.8) is 0 Å². The molecule has 0 bridgehead atoms. The normalized spacial score (nSPS) is 33.1. The van der Waals surface area contributed by atoms with Crippen molar-refractivity contribution < 1.29 is 32.2 Å². The molecule has 1 saturated heterocycles. The Bertz CT molecular complexity index is 338. The van der Waals surface area contributed by atoms with Crippen LogP contribution in [0.5, 0.6) is 0 Å². The molecule has 0 amide bonds. The smallest absolute Gasteiger partial charge is 0.400 e. The van der Waals surface area contributed by atoms with E-state index in [1.54, 1.807) is 0 Å². The van der Waals surface area contributed by atoms with E-state index in [9.17, 15) is 18.3 Å². The maximum atomic E-state index is 10.4. The number of rotatable bonds is 3. The first kappa shape index (κ1) is 11.3. The van der Waals surface area contributed by atoms with Gasteiger partial charge in [-0.05, 0) is 0 Å². The molecule has 4 N–H and O–H groups in total. The zero-order valence-electron chi connectivity index (χ0n) is 6.87. The van der Waals surface area contributed by atoms with Gasteiger partial charge >= 0.3 is 16.4 Å². The summed E-state index contributed by atoms with van der Waals surface area (Å²) in [7, 11) is -4.80. The van der Waals surface area contributed by atoms with Crippen LogP contribution in [0, 0.1) is 0 Å². The summed E-state index contributed by atoms with van der Waals surface area (Å²) in [4.78, 5) is 10.4. The second-order valence-corrected chi connectivity index (χ2v) is 3.96. The molecule has 0 radical (unpaired) electrons. The van der Waals surface area contributed by atoms with E-state index < -0.39 is 34.6 Å². The van der Waals surface area contributed by atoms with Crippen LogP contribution in [0.3, 0.4) is 0 Å². The van der Waals surface area contributed by atoms with Crippen LogP contribution >= 0.6 is 0 Å². The molecule has 1 aliphatic heterocycles. The molecular weight excluding hydrogens is 218 g/mol. The molecule has 8 nitrogen and oxygen atoms in total. The third-order valence-corrected chi connectivity index (χ3v) is 2.23. The number of nitrogens with one attached hydrogen (secondary N) is 1. The quantitative estimate of drug-likeness (QED) is 0.319. The zero-order chi connectivity index (χ0) is 11.0. The van der Waals surface area contributed by atoms with Crippen molar-refractivity contribution in [2.24, 2.45) is 0 Å². The Morgan fingerprint density at radius 3 is 2.50 bits per heavy atom. The lowest BCUT2D eigenvalue weighted by Gasteiger charge is -2.18. The molecule has 0 aliphatic carbocycles. The summed E-state index contributed by atoms with van der Waals surface area (Å²) in [5, 5.41) is 20.2. The lowest BCUT2D eigenvalue weighted by atomic mass is 10.2. The van der Waals surface area contributed by atoms with Gasteiger partial charge in [-0.25, -0.2) is 4.18 Å². The van der Waals surface area contributed by atoms with Crippen molar-refractivity contribution in [3.05, 3.63) is 0 Å². The van der Waals surface area contributed by atoms with Gasteiger partial charge in [0.15, 0.2) is 0 Å².